The van der Waals surface area contributed by atoms with Crippen LogP contribution in [-0.4, -0.2) is 42.1 Å². The third-order valence-corrected chi connectivity index (χ3v) is 2.96. The van der Waals surface area contributed by atoms with E-state index in [-0.39, 0.29) is 11.9 Å². The molecule has 22 heavy (non-hydrogen) atoms. The molecular weight excluding hydrogens is 304 g/mol. The maximum Gasteiger partial charge on any atom is 0.407 e. The molecule has 0 radical (unpaired) electrons. The van der Waals surface area contributed by atoms with Crippen LogP contribution in [0.15, 0.2) is 24.3 Å². The molecule has 0 aliphatic heterocycles. The highest BCUT2D eigenvalue weighted by molar-refractivity contribution is 6.30. The first-order valence-electron chi connectivity index (χ1n) is 7.09. The Balaban J connectivity index is 2.55. The van der Waals surface area contributed by atoms with E-state index in [4.69, 9.17) is 16.3 Å². The summed E-state index contributed by atoms with van der Waals surface area (Å²) < 4.78 is 5.18. The second-order valence-electron chi connectivity index (χ2n) is 6.24. The lowest BCUT2D eigenvalue weighted by Crippen LogP contribution is -2.44. The van der Waals surface area contributed by atoms with Crippen LogP contribution >= 0.6 is 11.6 Å². The Morgan fingerprint density at radius 1 is 1.36 bits per heavy atom. The van der Waals surface area contributed by atoms with Crippen LogP contribution in [-0.2, 0) is 4.74 Å². The van der Waals surface area contributed by atoms with E-state index in [9.17, 15) is 9.59 Å². The quantitative estimate of drug-likeness (QED) is 0.923. The van der Waals surface area contributed by atoms with Crippen molar-refractivity contribution in [1.82, 2.24) is 10.2 Å². The number of likely N-dealkylation sites (N-methyl/N-ethyl adjacent to an activating group) is 1. The lowest BCUT2D eigenvalue weighted by Gasteiger charge is -2.25. The van der Waals surface area contributed by atoms with Gasteiger partial charge in [0.15, 0.2) is 0 Å². The molecule has 0 unspecified atom stereocenters. The van der Waals surface area contributed by atoms with Gasteiger partial charge in [-0.2, -0.15) is 0 Å². The van der Waals surface area contributed by atoms with E-state index in [0.29, 0.717) is 17.1 Å². The van der Waals surface area contributed by atoms with Crippen molar-refractivity contribution >= 4 is 23.6 Å². The Bertz CT molecular complexity index is 540. The van der Waals surface area contributed by atoms with Crippen molar-refractivity contribution in [2.24, 2.45) is 0 Å². The van der Waals surface area contributed by atoms with Crippen LogP contribution < -0.4 is 5.32 Å². The van der Waals surface area contributed by atoms with Crippen LogP contribution in [0, 0.1) is 0 Å². The maximum absolute atomic E-state index is 12.3. The highest BCUT2D eigenvalue weighted by Crippen LogP contribution is 2.12. The summed E-state index contributed by atoms with van der Waals surface area (Å²) in [4.78, 5) is 25.5. The zero-order valence-electron chi connectivity index (χ0n) is 13.6. The smallest absolute Gasteiger partial charge is 0.407 e. The zero-order valence-corrected chi connectivity index (χ0v) is 14.4. The fourth-order valence-corrected chi connectivity index (χ4v) is 2.08. The highest BCUT2D eigenvalue weighted by Gasteiger charge is 2.20. The molecule has 0 aliphatic carbocycles. The number of rotatable bonds is 4. The summed E-state index contributed by atoms with van der Waals surface area (Å²) in [7, 11) is 1.68. The number of hydrogen-bond acceptors (Lipinski definition) is 3. The molecule has 0 fully saturated rings. The van der Waals surface area contributed by atoms with Crippen LogP contribution in [0.3, 0.4) is 0 Å². The standard InChI is InChI=1S/C16H23ClN2O3/c1-11(18-15(21)22-16(2,3)4)10-19(5)14(20)12-7-6-8-13(17)9-12/h6-9,11H,10H2,1-5H3,(H,18,21)/t11-/m0/s1. The minimum Gasteiger partial charge on any atom is -0.444 e. The minimum atomic E-state index is -0.549. The molecule has 0 bridgehead atoms. The minimum absolute atomic E-state index is 0.152. The Labute approximate surface area is 136 Å². The average molecular weight is 327 g/mol. The van der Waals surface area contributed by atoms with Gasteiger partial charge in [0.25, 0.3) is 5.91 Å². The fraction of sp³-hybridized carbons (Fsp3) is 0.500. The van der Waals surface area contributed by atoms with E-state index in [1.165, 1.54) is 4.90 Å². The number of hydrogen-bond donors (Lipinski definition) is 1. The van der Waals surface area contributed by atoms with Gasteiger partial charge in [0.2, 0.25) is 0 Å². The number of alkyl carbamates (subject to hydrolysis) is 1. The van der Waals surface area contributed by atoms with Gasteiger partial charge in [0, 0.05) is 30.2 Å². The van der Waals surface area contributed by atoms with Crippen LogP contribution in [0.4, 0.5) is 4.79 Å². The van der Waals surface area contributed by atoms with Crippen LogP contribution in [0.2, 0.25) is 5.02 Å². The van der Waals surface area contributed by atoms with Crippen molar-refractivity contribution in [2.75, 3.05) is 13.6 Å². The number of ether oxygens (including phenoxy) is 1. The summed E-state index contributed by atoms with van der Waals surface area (Å²) in [5, 5.41) is 3.22. The van der Waals surface area contributed by atoms with Crippen LogP contribution in [0.5, 0.6) is 0 Å². The normalized spacial score (nSPS) is 12.5. The average Bonchev–Trinajstić information content (AvgIpc) is 2.34. The van der Waals surface area contributed by atoms with E-state index in [1.54, 1.807) is 52.1 Å². The van der Waals surface area contributed by atoms with Crippen molar-refractivity contribution in [3.63, 3.8) is 0 Å². The van der Waals surface area contributed by atoms with Gasteiger partial charge in [-0.3, -0.25) is 4.79 Å². The topological polar surface area (TPSA) is 58.6 Å². The molecule has 6 heteroatoms. The second-order valence-corrected chi connectivity index (χ2v) is 6.68. The first-order valence-corrected chi connectivity index (χ1v) is 7.47. The predicted octanol–water partition coefficient (Wildman–Crippen LogP) is 3.33. The van der Waals surface area contributed by atoms with E-state index in [2.05, 4.69) is 5.32 Å². The first-order chi connectivity index (χ1) is 10.1. The summed E-state index contributed by atoms with van der Waals surface area (Å²) in [6.07, 6.45) is -0.497. The second kappa shape index (κ2) is 7.49. The van der Waals surface area contributed by atoms with Gasteiger partial charge in [0.05, 0.1) is 0 Å². The van der Waals surface area contributed by atoms with Gasteiger partial charge < -0.3 is 15.0 Å². The number of nitrogens with zero attached hydrogens (tertiary/aromatic N) is 1. The molecule has 0 heterocycles. The lowest BCUT2D eigenvalue weighted by molar-refractivity contribution is 0.0491. The third kappa shape index (κ3) is 6.35. The van der Waals surface area contributed by atoms with E-state index >= 15 is 0 Å². The molecule has 0 saturated heterocycles. The van der Waals surface area contributed by atoms with E-state index in [0.717, 1.165) is 0 Å². The van der Waals surface area contributed by atoms with Crippen molar-refractivity contribution < 1.29 is 14.3 Å². The summed E-state index contributed by atoms with van der Waals surface area (Å²) in [5.74, 6) is -0.152. The van der Waals surface area contributed by atoms with Gasteiger partial charge in [0.1, 0.15) is 5.60 Å². The molecule has 1 aromatic carbocycles. The lowest BCUT2D eigenvalue weighted by atomic mass is 10.2. The zero-order chi connectivity index (χ0) is 16.9. The largest absolute Gasteiger partial charge is 0.444 e. The van der Waals surface area contributed by atoms with E-state index < -0.39 is 11.7 Å². The molecule has 0 spiro atoms. The van der Waals surface area contributed by atoms with Crippen molar-refractivity contribution in [2.45, 2.75) is 39.3 Å². The van der Waals surface area contributed by atoms with Gasteiger partial charge in [-0.05, 0) is 45.9 Å². The van der Waals surface area contributed by atoms with Crippen molar-refractivity contribution in [1.29, 1.82) is 0 Å². The van der Waals surface area contributed by atoms with Crippen molar-refractivity contribution in [3.8, 4) is 0 Å². The number of nitrogens with one attached hydrogen (secondary N) is 1. The van der Waals surface area contributed by atoms with Gasteiger partial charge >= 0.3 is 6.09 Å². The Morgan fingerprint density at radius 3 is 2.55 bits per heavy atom. The molecule has 1 atom stereocenters. The Kier molecular flexibility index (Phi) is 6.23. The maximum atomic E-state index is 12.3. The molecule has 0 saturated carbocycles. The molecule has 2 amide bonds. The molecule has 1 rings (SSSR count). The Morgan fingerprint density at radius 2 is 2.00 bits per heavy atom. The number of carbonyl (C=O) groups excluding carboxylic acids is 2. The Hall–Kier alpha value is -1.75. The molecule has 0 aromatic heterocycles. The highest BCUT2D eigenvalue weighted by atomic mass is 35.5. The molecule has 5 nitrogen and oxygen atoms in total. The number of benzene rings is 1. The van der Waals surface area contributed by atoms with Gasteiger partial charge in [-0.1, -0.05) is 17.7 Å². The predicted molar refractivity (Wildman–Crippen MR) is 87.2 cm³/mol. The van der Waals surface area contributed by atoms with Crippen LogP contribution in [0.1, 0.15) is 38.1 Å². The summed E-state index contributed by atoms with van der Waals surface area (Å²) in [6.45, 7) is 7.57. The number of amides is 2. The fourth-order valence-electron chi connectivity index (χ4n) is 1.89. The van der Waals surface area contributed by atoms with E-state index in [1.807, 2.05) is 6.92 Å². The number of halogens is 1. The molecule has 1 N–H and O–H groups in total. The van der Waals surface area contributed by atoms with Crippen molar-refractivity contribution in [3.05, 3.63) is 34.9 Å². The summed E-state index contributed by atoms with van der Waals surface area (Å²) in [6, 6.07) is 6.53. The monoisotopic (exact) mass is 326 g/mol. The molecule has 1 aromatic rings. The van der Waals surface area contributed by atoms with Gasteiger partial charge in [-0.15, -0.1) is 0 Å². The third-order valence-electron chi connectivity index (χ3n) is 2.73. The first kappa shape index (κ1) is 18.3. The van der Waals surface area contributed by atoms with Crippen LogP contribution in [0.25, 0.3) is 0 Å². The molecule has 0 aliphatic rings. The molecule has 122 valence electrons. The molecular formula is C16H23ClN2O3. The number of carbonyl (C=O) groups is 2. The van der Waals surface area contributed by atoms with Gasteiger partial charge in [-0.25, -0.2) is 4.79 Å². The summed E-state index contributed by atoms with van der Waals surface area (Å²) in [5.41, 5.74) is -0.0359. The SMILES string of the molecule is C[C@@H](CN(C)C(=O)c1cccc(Cl)c1)NC(=O)OC(C)(C)C. The summed E-state index contributed by atoms with van der Waals surface area (Å²) >= 11 is 5.89.